The molecule has 3 atom stereocenters. The zero-order valence-corrected chi connectivity index (χ0v) is 19.6. The summed E-state index contributed by atoms with van der Waals surface area (Å²) in [7, 11) is 2.74. The monoisotopic (exact) mass is 500 g/mol. The van der Waals surface area contributed by atoms with Gasteiger partial charge in [0.25, 0.3) is 11.4 Å². The topological polar surface area (TPSA) is 194 Å². The Bertz CT molecular complexity index is 1210. The van der Waals surface area contributed by atoms with Crippen LogP contribution < -0.4 is 15.4 Å². The van der Waals surface area contributed by atoms with Crippen LogP contribution in [0.15, 0.2) is 47.5 Å². The van der Waals surface area contributed by atoms with Gasteiger partial charge in [-0.05, 0) is 18.6 Å². The summed E-state index contributed by atoms with van der Waals surface area (Å²) in [6.07, 6.45) is -0.700. The van der Waals surface area contributed by atoms with Crippen molar-refractivity contribution in [2.24, 2.45) is 4.99 Å². The molecular formula is C22H24N6O8. The van der Waals surface area contributed by atoms with Gasteiger partial charge in [0.2, 0.25) is 5.96 Å². The number of nitrogens with one attached hydrogen (secondary N) is 2. The predicted molar refractivity (Wildman–Crippen MR) is 125 cm³/mol. The smallest absolute Gasteiger partial charge is 0.270 e. The van der Waals surface area contributed by atoms with Gasteiger partial charge in [-0.15, -0.1) is 0 Å². The zero-order chi connectivity index (χ0) is 26.5. The van der Waals surface area contributed by atoms with Crippen molar-refractivity contribution in [1.29, 1.82) is 5.26 Å². The van der Waals surface area contributed by atoms with Gasteiger partial charge in [0.15, 0.2) is 18.1 Å². The summed E-state index contributed by atoms with van der Waals surface area (Å²) in [6.45, 7) is 1.50. The van der Waals surface area contributed by atoms with Crippen LogP contribution in [-0.4, -0.2) is 53.1 Å². The van der Waals surface area contributed by atoms with Gasteiger partial charge in [0.05, 0.1) is 22.4 Å². The number of nitrogens with zero attached hydrogens (tertiary/aromatic N) is 4. The molecular weight excluding hydrogens is 476 g/mol. The molecule has 2 aromatic carbocycles. The maximum Gasteiger partial charge on any atom is 0.270 e. The molecule has 36 heavy (non-hydrogen) atoms. The third kappa shape index (κ3) is 5.33. The van der Waals surface area contributed by atoms with Gasteiger partial charge >= 0.3 is 0 Å². The van der Waals surface area contributed by atoms with Gasteiger partial charge < -0.3 is 24.6 Å². The fourth-order valence-electron chi connectivity index (χ4n) is 3.95. The fourth-order valence-corrected chi connectivity index (χ4v) is 3.95. The zero-order valence-electron chi connectivity index (χ0n) is 19.6. The van der Waals surface area contributed by atoms with Crippen LogP contribution in [0.1, 0.15) is 24.1 Å². The Kier molecular flexibility index (Phi) is 8.00. The van der Waals surface area contributed by atoms with Gasteiger partial charge in [-0.25, -0.2) is 4.99 Å². The van der Waals surface area contributed by atoms with Crippen molar-refractivity contribution in [3.63, 3.8) is 0 Å². The number of hydrogen-bond donors (Lipinski definition) is 3. The summed E-state index contributed by atoms with van der Waals surface area (Å²) >= 11 is 0. The molecule has 14 heteroatoms. The first-order valence-electron chi connectivity index (χ1n) is 10.5. The van der Waals surface area contributed by atoms with Crippen LogP contribution in [-0.2, 0) is 16.0 Å². The minimum atomic E-state index is -1.47. The minimum absolute atomic E-state index is 0.0458. The summed E-state index contributed by atoms with van der Waals surface area (Å²) in [5.41, 5.74) is -1.09. The second kappa shape index (κ2) is 11.0. The molecule has 0 bridgehead atoms. The number of fused-ring (bicyclic) bond motifs is 1. The summed E-state index contributed by atoms with van der Waals surface area (Å²) in [5, 5.41) is 48.3. The predicted octanol–water partition coefficient (Wildman–Crippen LogP) is 1.89. The quantitative estimate of drug-likeness (QED) is 0.0911. The van der Waals surface area contributed by atoms with Gasteiger partial charge in [-0.2, -0.15) is 5.26 Å². The first-order valence-corrected chi connectivity index (χ1v) is 10.5. The maximum absolute atomic E-state index is 11.4. The van der Waals surface area contributed by atoms with Crippen molar-refractivity contribution < 1.29 is 29.2 Å². The molecule has 0 fully saturated rings. The Morgan fingerprint density at radius 1 is 1.22 bits per heavy atom. The normalized spacial score (nSPS) is 21.2. The Labute approximate surface area is 205 Å². The Morgan fingerprint density at radius 3 is 2.50 bits per heavy atom. The maximum atomic E-state index is 11.4. The molecule has 0 aromatic heterocycles. The van der Waals surface area contributed by atoms with E-state index in [1.165, 1.54) is 50.6 Å². The highest BCUT2D eigenvalue weighted by atomic mass is 16.7. The lowest BCUT2D eigenvalue weighted by Gasteiger charge is -2.46. The lowest BCUT2D eigenvalue weighted by molar-refractivity contribution is -0.385. The van der Waals surface area contributed by atoms with E-state index in [-0.39, 0.29) is 35.2 Å². The van der Waals surface area contributed by atoms with Crippen LogP contribution in [0.2, 0.25) is 0 Å². The first-order chi connectivity index (χ1) is 17.1. The van der Waals surface area contributed by atoms with Gasteiger partial charge in [-0.1, -0.05) is 12.1 Å². The molecule has 3 unspecified atom stereocenters. The number of non-ortho nitro benzene ring substituents is 2. The molecule has 3 rings (SSSR count). The van der Waals surface area contributed by atoms with Crippen LogP contribution in [0.25, 0.3) is 0 Å². The second-order valence-electron chi connectivity index (χ2n) is 7.96. The van der Waals surface area contributed by atoms with Gasteiger partial charge in [0.1, 0.15) is 11.9 Å². The molecule has 0 amide bonds. The Morgan fingerprint density at radius 2 is 1.89 bits per heavy atom. The molecule has 190 valence electrons. The number of methoxy groups -OCH3 is 2. The highest BCUT2D eigenvalue weighted by Crippen LogP contribution is 2.43. The number of guanidine groups is 1. The van der Waals surface area contributed by atoms with Crippen molar-refractivity contribution in [3.05, 3.63) is 73.8 Å². The lowest BCUT2D eigenvalue weighted by Crippen LogP contribution is -2.62. The van der Waals surface area contributed by atoms with Crippen LogP contribution in [0.4, 0.5) is 11.4 Å². The molecule has 1 aliphatic rings. The minimum Gasteiger partial charge on any atom is -0.479 e. The van der Waals surface area contributed by atoms with Gasteiger partial charge in [-0.3, -0.25) is 25.5 Å². The van der Waals surface area contributed by atoms with E-state index >= 15 is 0 Å². The van der Waals surface area contributed by atoms with Crippen LogP contribution in [0.3, 0.4) is 0 Å². The molecule has 2 aromatic rings. The van der Waals surface area contributed by atoms with E-state index in [0.717, 1.165) is 0 Å². The highest BCUT2D eigenvalue weighted by molar-refractivity contribution is 5.82. The number of rotatable bonds is 8. The Hall–Kier alpha value is -4.32. The number of aliphatic imine (C=N–C) groups is 1. The number of ether oxygens (including phenoxy) is 3. The molecule has 0 aliphatic carbocycles. The largest absolute Gasteiger partial charge is 0.479 e. The van der Waals surface area contributed by atoms with Crippen molar-refractivity contribution in [2.45, 2.75) is 37.5 Å². The van der Waals surface area contributed by atoms with Gasteiger partial charge in [0, 0.05) is 44.0 Å². The van der Waals surface area contributed by atoms with Crippen LogP contribution >= 0.6 is 0 Å². The van der Waals surface area contributed by atoms with E-state index in [4.69, 9.17) is 14.2 Å². The third-order valence-electron chi connectivity index (χ3n) is 5.68. The summed E-state index contributed by atoms with van der Waals surface area (Å²) < 4.78 is 16.7. The first kappa shape index (κ1) is 26.3. The molecule has 0 saturated carbocycles. The SMILES string of the molecule is COC(OC)C1(C)Oc2ccc([N+](=O)[O-])cc2C(NC(=NCc2cccc([N+](=O)[O-])c2)NC#N)C1O. The highest BCUT2D eigenvalue weighted by Gasteiger charge is 2.52. The van der Waals surface area contributed by atoms with Crippen LogP contribution in [0, 0.1) is 31.7 Å². The fraction of sp³-hybridized carbons (Fsp3) is 0.364. The van der Waals surface area contributed by atoms with E-state index in [2.05, 4.69) is 15.6 Å². The number of benzene rings is 2. The molecule has 0 saturated heterocycles. The molecule has 0 spiro atoms. The number of nitro benzene ring substituents is 2. The van der Waals surface area contributed by atoms with Crippen molar-refractivity contribution >= 4 is 17.3 Å². The van der Waals surface area contributed by atoms with Crippen LogP contribution in [0.5, 0.6) is 5.75 Å². The summed E-state index contributed by atoms with van der Waals surface area (Å²) in [4.78, 5) is 25.6. The average molecular weight is 500 g/mol. The number of nitriles is 1. The van der Waals surface area contributed by atoms with Crippen molar-refractivity contribution in [1.82, 2.24) is 10.6 Å². The molecule has 14 nitrogen and oxygen atoms in total. The average Bonchev–Trinajstić information content (AvgIpc) is 2.85. The second-order valence-corrected chi connectivity index (χ2v) is 7.96. The molecule has 1 aliphatic heterocycles. The third-order valence-corrected chi connectivity index (χ3v) is 5.68. The summed E-state index contributed by atoms with van der Waals surface area (Å²) in [6, 6.07) is 8.65. The van der Waals surface area contributed by atoms with E-state index in [0.29, 0.717) is 5.56 Å². The number of aliphatic hydroxyl groups is 1. The van der Waals surface area contributed by atoms with E-state index in [9.17, 15) is 30.6 Å². The number of aliphatic hydroxyl groups excluding tert-OH is 1. The van der Waals surface area contributed by atoms with E-state index < -0.39 is 33.9 Å². The molecule has 3 N–H and O–H groups in total. The number of hydrogen-bond acceptors (Lipinski definition) is 10. The molecule has 1 heterocycles. The van der Waals surface area contributed by atoms with E-state index in [1.54, 1.807) is 19.2 Å². The molecule has 0 radical (unpaired) electrons. The number of nitro groups is 2. The van der Waals surface area contributed by atoms with E-state index in [1.807, 2.05) is 0 Å². The van der Waals surface area contributed by atoms with Crippen molar-refractivity contribution in [2.75, 3.05) is 14.2 Å². The lowest BCUT2D eigenvalue weighted by atomic mass is 9.84. The van der Waals surface area contributed by atoms with Crippen molar-refractivity contribution in [3.8, 4) is 11.9 Å². The summed E-state index contributed by atoms with van der Waals surface area (Å²) in [5.74, 6) is 0.140. The standard InChI is InChI=1S/C22H24N6O8/c1-22(20(34-2)35-3)19(29)18(16-10-15(28(32)33)7-8-17(16)36-22)26-21(25-12-23)24-11-13-5-4-6-14(9-13)27(30)31/h4-10,18-20,29H,11H2,1-3H3,(H2,24,25,26). The Balaban J connectivity index is 2.02.